The summed E-state index contributed by atoms with van der Waals surface area (Å²) in [6.07, 6.45) is 12.2. The number of rotatable bonds is 16. The summed E-state index contributed by atoms with van der Waals surface area (Å²) in [5.41, 5.74) is 6.08. The Morgan fingerprint density at radius 2 is 1.62 bits per heavy atom. The van der Waals surface area contributed by atoms with Gasteiger partial charge in [-0.25, -0.2) is 4.79 Å². The Kier molecular flexibility index (Phi) is 20.9. The van der Waals surface area contributed by atoms with Crippen LogP contribution < -0.4 is 11.1 Å². The molecule has 0 saturated carbocycles. The number of hydrazone groups is 1. The molecule has 1 heterocycles. The van der Waals surface area contributed by atoms with Gasteiger partial charge in [0, 0.05) is 44.4 Å². The number of nitrogens with two attached hydrogens (primary N) is 1. The molecule has 308 valence electrons. The summed E-state index contributed by atoms with van der Waals surface area (Å²) in [6, 6.07) is 0. The van der Waals surface area contributed by atoms with E-state index in [2.05, 4.69) is 19.2 Å². The fourth-order valence-corrected chi connectivity index (χ4v) is 6.80. The molecular formula is C42H66N4O9. The maximum atomic E-state index is 14.4. The molecule has 2 bridgehead atoms. The average Bonchev–Trinajstić information content (AvgIpc) is 3.15. The highest BCUT2D eigenvalue weighted by Crippen LogP contribution is 2.31. The number of hydrogen-bond donors (Lipinski definition) is 3. The van der Waals surface area contributed by atoms with Crippen LogP contribution in [0.4, 0.5) is 4.79 Å². The van der Waals surface area contributed by atoms with Gasteiger partial charge in [-0.1, -0.05) is 90.5 Å². The first-order valence-electron chi connectivity index (χ1n) is 19.7. The first-order valence-corrected chi connectivity index (χ1v) is 19.7. The average molecular weight is 771 g/mol. The zero-order chi connectivity index (χ0) is 41.1. The second kappa shape index (κ2) is 24.4. The highest BCUT2D eigenvalue weighted by molar-refractivity contribution is 6.32. The van der Waals surface area contributed by atoms with E-state index in [1.807, 2.05) is 18.9 Å². The third-order valence-electron chi connectivity index (χ3n) is 10.0. The summed E-state index contributed by atoms with van der Waals surface area (Å²) in [5.74, 6) is -2.58. The van der Waals surface area contributed by atoms with Crippen LogP contribution in [0.25, 0.3) is 0 Å². The zero-order valence-electron chi connectivity index (χ0n) is 34.5. The SMILES string of the molecule is CCCCCCN(CCCCCC)/N=C/C1=C2NC(=O)C(C)=CC=CC(OC)C(OC(N)=O)C(C)=CC(C)C(O)C(OC)CC(C)CC(=C(OC)C1=O)C2=O. The molecule has 1 aliphatic heterocycles. The minimum Gasteiger partial charge on any atom is -0.492 e. The maximum Gasteiger partial charge on any atom is 0.405 e. The van der Waals surface area contributed by atoms with Crippen LogP contribution in [-0.2, 0) is 33.3 Å². The number of nitrogens with zero attached hydrogens (tertiary/aromatic N) is 2. The van der Waals surface area contributed by atoms with Gasteiger partial charge in [0.2, 0.25) is 11.6 Å². The molecule has 6 atom stereocenters. The largest absolute Gasteiger partial charge is 0.492 e. The van der Waals surface area contributed by atoms with Crippen molar-refractivity contribution in [3.63, 3.8) is 0 Å². The third-order valence-corrected chi connectivity index (χ3v) is 10.0. The standard InChI is InChI=1S/C42H66N4O9/c1-10-12-14-16-21-46(22-17-15-13-11-2)44-26-32-35-37(48)31(40(54-9)38(32)49)23-27(3)24-34(53-8)36(47)29(5)25-30(6)39(55-42(43)51)33(52-7)20-18-19-28(4)41(50)45-35/h18-20,25-27,29,33-34,36,39,47H,10-17,21-24H2,1-9H3,(H2,43,51)(H,45,50)/b20-18?,28-19?,30-25?,44-26+. The van der Waals surface area contributed by atoms with Gasteiger partial charge in [-0.05, 0) is 51.0 Å². The topological polar surface area (TPSA) is 179 Å². The number of amides is 2. The smallest absolute Gasteiger partial charge is 0.405 e. The van der Waals surface area contributed by atoms with Crippen LogP contribution in [0.3, 0.4) is 0 Å². The van der Waals surface area contributed by atoms with Crippen LogP contribution in [0, 0.1) is 11.8 Å². The van der Waals surface area contributed by atoms with Gasteiger partial charge in [-0.15, -0.1) is 0 Å². The number of allylic oxidation sites excluding steroid dienone is 4. The van der Waals surface area contributed by atoms with Gasteiger partial charge in [0.25, 0.3) is 5.91 Å². The lowest BCUT2D eigenvalue weighted by atomic mass is 9.84. The highest BCUT2D eigenvalue weighted by Gasteiger charge is 2.38. The number of primary amides is 1. The number of Topliss-reactive ketones (excluding diaryl/α,β-unsaturated/α-hetero) is 2. The minimum absolute atomic E-state index is 0.0700. The molecule has 0 saturated heterocycles. The number of fused-ring (bicyclic) bond motifs is 2. The van der Waals surface area contributed by atoms with Gasteiger partial charge in [0.15, 0.2) is 11.9 Å². The lowest BCUT2D eigenvalue weighted by Gasteiger charge is -2.30. The second-order valence-electron chi connectivity index (χ2n) is 14.6. The van der Waals surface area contributed by atoms with Crippen LogP contribution >= 0.6 is 0 Å². The molecule has 6 unspecified atom stereocenters. The highest BCUT2D eigenvalue weighted by atomic mass is 16.6. The Bertz CT molecular complexity index is 1480. The van der Waals surface area contributed by atoms with Gasteiger partial charge in [-0.2, -0.15) is 5.10 Å². The Labute approximate surface area is 328 Å². The van der Waals surface area contributed by atoms with Crippen molar-refractivity contribution in [1.82, 2.24) is 10.3 Å². The Morgan fingerprint density at radius 1 is 0.982 bits per heavy atom. The van der Waals surface area contributed by atoms with Gasteiger partial charge in [-0.3, -0.25) is 19.4 Å². The molecule has 2 amide bonds. The fourth-order valence-electron chi connectivity index (χ4n) is 6.80. The first kappa shape index (κ1) is 47.1. The van der Waals surface area contributed by atoms with Crippen molar-refractivity contribution < 1.29 is 43.2 Å². The van der Waals surface area contributed by atoms with Crippen LogP contribution in [0.2, 0.25) is 0 Å². The van der Waals surface area contributed by atoms with Crippen LogP contribution in [-0.4, -0.2) is 98.7 Å². The number of carbonyl (C=O) groups is 4. The van der Waals surface area contributed by atoms with E-state index in [1.165, 1.54) is 33.6 Å². The third kappa shape index (κ3) is 14.5. The number of aliphatic hydroxyl groups is 1. The first-order chi connectivity index (χ1) is 26.2. The normalized spacial score (nSPS) is 24.9. The molecule has 2 rings (SSSR count). The Hall–Kier alpha value is -4.07. The van der Waals surface area contributed by atoms with E-state index < -0.39 is 53.9 Å². The van der Waals surface area contributed by atoms with E-state index in [-0.39, 0.29) is 40.5 Å². The van der Waals surface area contributed by atoms with Crippen molar-refractivity contribution in [1.29, 1.82) is 0 Å². The number of nitrogens with one attached hydrogen (secondary N) is 1. The van der Waals surface area contributed by atoms with Crippen molar-refractivity contribution in [3.8, 4) is 0 Å². The van der Waals surface area contributed by atoms with Crippen molar-refractivity contribution >= 4 is 29.8 Å². The molecule has 0 aromatic carbocycles. The number of ketones is 2. The number of hydrogen-bond acceptors (Lipinski definition) is 11. The Balaban J connectivity index is 2.73. The number of ether oxygens (including phenoxy) is 4. The summed E-state index contributed by atoms with van der Waals surface area (Å²) >= 11 is 0. The number of carbonyl (C=O) groups excluding carboxylic acids is 4. The van der Waals surface area contributed by atoms with Crippen molar-refractivity contribution in [3.05, 3.63) is 58.1 Å². The van der Waals surface area contributed by atoms with Crippen molar-refractivity contribution in [2.24, 2.45) is 22.7 Å². The summed E-state index contributed by atoms with van der Waals surface area (Å²) < 4.78 is 22.4. The molecule has 13 nitrogen and oxygen atoms in total. The van der Waals surface area contributed by atoms with E-state index in [9.17, 15) is 24.3 Å². The van der Waals surface area contributed by atoms with E-state index in [0.717, 1.165) is 51.4 Å². The van der Waals surface area contributed by atoms with Crippen molar-refractivity contribution in [2.45, 2.75) is 130 Å². The molecule has 4 N–H and O–H groups in total. The van der Waals surface area contributed by atoms with E-state index in [0.29, 0.717) is 25.1 Å². The summed E-state index contributed by atoms with van der Waals surface area (Å²) in [4.78, 5) is 54.2. The molecule has 1 aliphatic carbocycles. The predicted octanol–water partition coefficient (Wildman–Crippen LogP) is 6.23. The molecule has 0 aromatic heterocycles. The molecular weight excluding hydrogens is 704 g/mol. The summed E-state index contributed by atoms with van der Waals surface area (Å²) in [7, 11) is 4.28. The van der Waals surface area contributed by atoms with E-state index in [4.69, 9.17) is 29.8 Å². The van der Waals surface area contributed by atoms with Gasteiger partial charge in [0.1, 0.15) is 11.8 Å². The van der Waals surface area contributed by atoms with E-state index in [1.54, 1.807) is 32.1 Å². The molecule has 0 fully saturated rings. The lowest BCUT2D eigenvalue weighted by Crippen LogP contribution is -2.38. The van der Waals surface area contributed by atoms with Crippen molar-refractivity contribution in [2.75, 3.05) is 34.4 Å². The van der Waals surface area contributed by atoms with Crippen LogP contribution in [0.5, 0.6) is 0 Å². The minimum atomic E-state index is -1.01. The Morgan fingerprint density at radius 3 is 2.16 bits per heavy atom. The fraction of sp³-hybridized carbons (Fsp3) is 0.643. The van der Waals surface area contributed by atoms with Gasteiger partial charge in [0.05, 0.1) is 31.1 Å². The molecule has 2 aliphatic rings. The number of methoxy groups -OCH3 is 3. The summed E-state index contributed by atoms with van der Waals surface area (Å²) in [5, 5.41) is 20.8. The maximum absolute atomic E-state index is 14.4. The van der Waals surface area contributed by atoms with Crippen LogP contribution in [0.15, 0.2) is 63.2 Å². The van der Waals surface area contributed by atoms with Gasteiger partial charge < -0.3 is 35.1 Å². The molecule has 13 heteroatoms. The van der Waals surface area contributed by atoms with Gasteiger partial charge >= 0.3 is 6.09 Å². The lowest BCUT2D eigenvalue weighted by molar-refractivity contribution is -0.121. The zero-order valence-corrected chi connectivity index (χ0v) is 34.5. The summed E-state index contributed by atoms with van der Waals surface area (Å²) in [6.45, 7) is 12.7. The predicted molar refractivity (Wildman–Crippen MR) is 214 cm³/mol. The second-order valence-corrected chi connectivity index (χ2v) is 14.6. The molecule has 0 spiro atoms. The molecule has 0 aromatic rings. The molecule has 0 radical (unpaired) electrons. The molecule has 55 heavy (non-hydrogen) atoms. The number of aliphatic hydroxyl groups excluding tert-OH is 1. The quantitative estimate of drug-likeness (QED) is 0.0536. The van der Waals surface area contributed by atoms with E-state index >= 15 is 0 Å². The monoisotopic (exact) mass is 770 g/mol. The van der Waals surface area contributed by atoms with Crippen LogP contribution in [0.1, 0.15) is 106 Å². The number of unbranched alkanes of at least 4 members (excludes halogenated alkanes) is 6.